The zero-order chi connectivity index (χ0) is 12.1. The largest absolute Gasteiger partial charge is 0.468 e. The Kier molecular flexibility index (Phi) is 3.76. The standard InChI is InChI=1S/C9H9FN2O4/c1-16-9(13)5-11-7-2-6(10)3-8(4-7)12(14)15/h2-4,11H,5H2,1H3. The smallest absolute Gasteiger partial charge is 0.325 e. The molecule has 0 atom stereocenters. The quantitative estimate of drug-likeness (QED) is 0.477. The summed E-state index contributed by atoms with van der Waals surface area (Å²) in [5.41, 5.74) is -0.232. The molecule has 0 aliphatic rings. The molecule has 1 N–H and O–H groups in total. The molecule has 0 aliphatic carbocycles. The SMILES string of the molecule is COC(=O)CNc1cc(F)cc([N+](=O)[O-])c1. The summed E-state index contributed by atoms with van der Waals surface area (Å²) in [6.07, 6.45) is 0. The highest BCUT2D eigenvalue weighted by molar-refractivity contribution is 5.75. The number of methoxy groups -OCH3 is 1. The van der Waals surface area contributed by atoms with E-state index in [2.05, 4.69) is 10.1 Å². The number of anilines is 1. The summed E-state index contributed by atoms with van der Waals surface area (Å²) in [5, 5.41) is 12.9. The van der Waals surface area contributed by atoms with E-state index in [-0.39, 0.29) is 17.9 Å². The Morgan fingerprint density at radius 1 is 1.56 bits per heavy atom. The van der Waals surface area contributed by atoms with Gasteiger partial charge >= 0.3 is 5.97 Å². The lowest BCUT2D eigenvalue weighted by Crippen LogP contribution is -2.15. The van der Waals surface area contributed by atoms with Gasteiger partial charge in [0.05, 0.1) is 18.1 Å². The van der Waals surface area contributed by atoms with Gasteiger partial charge in [0.1, 0.15) is 12.4 Å². The first-order valence-corrected chi connectivity index (χ1v) is 4.28. The van der Waals surface area contributed by atoms with Crippen molar-refractivity contribution in [3.05, 3.63) is 34.1 Å². The normalized spacial score (nSPS) is 9.62. The highest BCUT2D eigenvalue weighted by Gasteiger charge is 2.10. The number of ether oxygens (including phenoxy) is 1. The molecule has 0 radical (unpaired) electrons. The minimum atomic E-state index is -0.749. The second-order valence-electron chi connectivity index (χ2n) is 2.88. The molecule has 6 nitrogen and oxygen atoms in total. The number of halogens is 1. The summed E-state index contributed by atoms with van der Waals surface area (Å²) < 4.78 is 17.3. The van der Waals surface area contributed by atoms with Gasteiger partial charge in [0, 0.05) is 11.8 Å². The minimum absolute atomic E-state index is 0.150. The highest BCUT2D eigenvalue weighted by atomic mass is 19.1. The number of non-ortho nitro benzene ring substituents is 1. The fraction of sp³-hybridized carbons (Fsp3) is 0.222. The van der Waals surface area contributed by atoms with Crippen molar-refractivity contribution in [2.24, 2.45) is 0 Å². The van der Waals surface area contributed by atoms with Crippen molar-refractivity contribution in [3.63, 3.8) is 0 Å². The number of hydrogen-bond donors (Lipinski definition) is 1. The molecule has 0 aliphatic heterocycles. The van der Waals surface area contributed by atoms with Gasteiger partial charge < -0.3 is 10.1 Å². The molecule has 0 saturated heterocycles. The van der Waals surface area contributed by atoms with Gasteiger partial charge in [-0.25, -0.2) is 4.39 Å². The Bertz CT molecular complexity index is 422. The summed E-state index contributed by atoms with van der Waals surface area (Å²) >= 11 is 0. The van der Waals surface area contributed by atoms with Gasteiger partial charge in [0.15, 0.2) is 0 Å². The molecule has 0 saturated carbocycles. The van der Waals surface area contributed by atoms with E-state index >= 15 is 0 Å². The van der Waals surface area contributed by atoms with Crippen LogP contribution in [0.3, 0.4) is 0 Å². The van der Waals surface area contributed by atoms with Gasteiger partial charge in [-0.05, 0) is 6.07 Å². The molecule has 0 amide bonds. The number of nitrogens with zero attached hydrogens (tertiary/aromatic N) is 1. The van der Waals surface area contributed by atoms with Gasteiger partial charge in [0.2, 0.25) is 0 Å². The number of nitro groups is 1. The first-order valence-electron chi connectivity index (χ1n) is 4.28. The molecule has 0 spiro atoms. The first kappa shape index (κ1) is 11.9. The third-order valence-electron chi connectivity index (χ3n) is 1.76. The average Bonchev–Trinajstić information content (AvgIpc) is 2.25. The molecule has 0 fully saturated rings. The van der Waals surface area contributed by atoms with Gasteiger partial charge in [-0.3, -0.25) is 14.9 Å². The van der Waals surface area contributed by atoms with Crippen molar-refractivity contribution in [1.82, 2.24) is 0 Å². The molecular weight excluding hydrogens is 219 g/mol. The monoisotopic (exact) mass is 228 g/mol. The van der Waals surface area contributed by atoms with E-state index in [1.807, 2.05) is 0 Å². The maximum Gasteiger partial charge on any atom is 0.325 e. The number of benzene rings is 1. The number of rotatable bonds is 4. The van der Waals surface area contributed by atoms with Gasteiger partial charge in [-0.2, -0.15) is 0 Å². The summed E-state index contributed by atoms with van der Waals surface area (Å²) in [7, 11) is 1.21. The zero-order valence-electron chi connectivity index (χ0n) is 8.40. The van der Waals surface area contributed by atoms with Crippen LogP contribution in [0.4, 0.5) is 15.8 Å². The molecular formula is C9H9FN2O4. The third-order valence-corrected chi connectivity index (χ3v) is 1.76. The van der Waals surface area contributed by atoms with E-state index < -0.39 is 16.7 Å². The second kappa shape index (κ2) is 5.06. The summed E-state index contributed by atoms with van der Waals surface area (Å²) in [6, 6.07) is 2.98. The second-order valence-corrected chi connectivity index (χ2v) is 2.88. The van der Waals surface area contributed by atoms with Crippen molar-refractivity contribution in [2.45, 2.75) is 0 Å². The topological polar surface area (TPSA) is 81.5 Å². The maximum atomic E-state index is 12.9. The van der Waals surface area contributed by atoms with Crippen molar-refractivity contribution in [3.8, 4) is 0 Å². The minimum Gasteiger partial charge on any atom is -0.468 e. The number of hydrogen-bond acceptors (Lipinski definition) is 5. The molecule has 0 aromatic heterocycles. The highest BCUT2D eigenvalue weighted by Crippen LogP contribution is 2.19. The molecule has 0 bridgehead atoms. The molecule has 86 valence electrons. The molecule has 1 aromatic carbocycles. The summed E-state index contributed by atoms with van der Waals surface area (Å²) in [4.78, 5) is 20.5. The number of nitrogens with one attached hydrogen (secondary N) is 1. The Balaban J connectivity index is 2.80. The third kappa shape index (κ3) is 3.19. The van der Waals surface area contributed by atoms with Crippen LogP contribution in [0.1, 0.15) is 0 Å². The van der Waals surface area contributed by atoms with Crippen LogP contribution < -0.4 is 5.32 Å². The number of carbonyl (C=O) groups excluding carboxylic acids is 1. The van der Waals surface area contributed by atoms with Crippen LogP contribution in [-0.2, 0) is 9.53 Å². The van der Waals surface area contributed by atoms with Crippen LogP contribution in [0.2, 0.25) is 0 Å². The Morgan fingerprint density at radius 2 is 2.25 bits per heavy atom. The van der Waals surface area contributed by atoms with Crippen molar-refractivity contribution < 1.29 is 18.8 Å². The van der Waals surface area contributed by atoms with E-state index in [0.717, 1.165) is 18.2 Å². The van der Waals surface area contributed by atoms with Gasteiger partial charge in [-0.1, -0.05) is 0 Å². The van der Waals surface area contributed by atoms with Crippen molar-refractivity contribution in [1.29, 1.82) is 0 Å². The van der Waals surface area contributed by atoms with E-state index in [4.69, 9.17) is 0 Å². The first-order chi connectivity index (χ1) is 7.52. The van der Waals surface area contributed by atoms with Gasteiger partial charge in [-0.15, -0.1) is 0 Å². The average molecular weight is 228 g/mol. The maximum absolute atomic E-state index is 12.9. The number of nitro benzene ring substituents is 1. The van der Waals surface area contributed by atoms with Crippen LogP contribution in [0.5, 0.6) is 0 Å². The number of carbonyl (C=O) groups is 1. The predicted molar refractivity (Wildman–Crippen MR) is 53.6 cm³/mol. The predicted octanol–water partition coefficient (Wildman–Crippen LogP) is 1.32. The van der Waals surface area contributed by atoms with E-state index in [1.54, 1.807) is 0 Å². The van der Waals surface area contributed by atoms with Crippen LogP contribution in [-0.4, -0.2) is 24.5 Å². The lowest BCUT2D eigenvalue weighted by atomic mass is 10.2. The fourth-order valence-corrected chi connectivity index (χ4v) is 1.03. The summed E-state index contributed by atoms with van der Waals surface area (Å²) in [5.74, 6) is -1.30. The molecule has 7 heteroatoms. The van der Waals surface area contributed by atoms with E-state index in [1.165, 1.54) is 7.11 Å². The van der Waals surface area contributed by atoms with E-state index in [0.29, 0.717) is 0 Å². The molecule has 1 rings (SSSR count). The molecule has 0 heterocycles. The molecule has 0 unspecified atom stereocenters. The molecule has 1 aromatic rings. The summed E-state index contributed by atoms with van der Waals surface area (Å²) in [6.45, 7) is -0.183. The van der Waals surface area contributed by atoms with Crippen LogP contribution in [0.15, 0.2) is 18.2 Å². The fourth-order valence-electron chi connectivity index (χ4n) is 1.03. The number of esters is 1. The van der Waals surface area contributed by atoms with Crippen LogP contribution in [0.25, 0.3) is 0 Å². The van der Waals surface area contributed by atoms with Crippen LogP contribution in [0, 0.1) is 15.9 Å². The molecule has 16 heavy (non-hydrogen) atoms. The van der Waals surface area contributed by atoms with Gasteiger partial charge in [0.25, 0.3) is 5.69 Å². The lowest BCUT2D eigenvalue weighted by molar-refractivity contribution is -0.385. The Morgan fingerprint density at radius 3 is 2.81 bits per heavy atom. The van der Waals surface area contributed by atoms with Crippen LogP contribution >= 0.6 is 0 Å². The Labute approximate surface area is 90.2 Å². The Hall–Kier alpha value is -2.18. The van der Waals surface area contributed by atoms with Crippen molar-refractivity contribution >= 4 is 17.3 Å². The van der Waals surface area contributed by atoms with E-state index in [9.17, 15) is 19.3 Å². The lowest BCUT2D eigenvalue weighted by Gasteiger charge is -2.04. The van der Waals surface area contributed by atoms with Crippen molar-refractivity contribution in [2.75, 3.05) is 19.0 Å². The zero-order valence-corrected chi connectivity index (χ0v) is 8.40.